The summed E-state index contributed by atoms with van der Waals surface area (Å²) in [5.74, 6) is -0.420. The van der Waals surface area contributed by atoms with E-state index in [1.54, 1.807) is 6.07 Å². The van der Waals surface area contributed by atoms with Crippen molar-refractivity contribution in [2.75, 3.05) is 5.32 Å². The molecule has 3 N–H and O–H groups in total. The molecule has 0 heterocycles. The number of halogens is 1. The molecule has 0 saturated carbocycles. The Morgan fingerprint density at radius 1 is 1.15 bits per heavy atom. The summed E-state index contributed by atoms with van der Waals surface area (Å²) in [6.45, 7) is 3.92. The Morgan fingerprint density at radius 2 is 1.80 bits per heavy atom. The van der Waals surface area contributed by atoms with Crippen LogP contribution in [0.2, 0.25) is 5.02 Å². The molecule has 0 aliphatic heterocycles. The number of hydrogen-bond donors (Lipinski definition) is 2. The van der Waals surface area contributed by atoms with Gasteiger partial charge in [0.25, 0.3) is 0 Å². The van der Waals surface area contributed by atoms with Crippen molar-refractivity contribution in [1.82, 2.24) is 0 Å². The molecule has 0 fully saturated rings. The molecular weight excluding hydrogens is 272 g/mol. The number of primary amides is 1. The molecule has 1 unspecified atom stereocenters. The predicted octanol–water partition coefficient (Wildman–Crippen LogP) is 3.60. The Bertz CT molecular complexity index is 623. The van der Waals surface area contributed by atoms with E-state index in [0.29, 0.717) is 5.02 Å². The third kappa shape index (κ3) is 3.31. The van der Waals surface area contributed by atoms with Crippen molar-refractivity contribution in [3.8, 4) is 0 Å². The number of hydrogen-bond acceptors (Lipinski definition) is 2. The summed E-state index contributed by atoms with van der Waals surface area (Å²) >= 11 is 5.94. The van der Waals surface area contributed by atoms with Crippen LogP contribution in [0.5, 0.6) is 0 Å². The van der Waals surface area contributed by atoms with Crippen molar-refractivity contribution >= 4 is 23.2 Å². The van der Waals surface area contributed by atoms with Crippen molar-refractivity contribution in [2.24, 2.45) is 5.73 Å². The summed E-state index contributed by atoms with van der Waals surface area (Å²) in [6, 6.07) is 12.7. The molecular formula is C16H17ClN2O. The van der Waals surface area contributed by atoms with E-state index in [-0.39, 0.29) is 0 Å². The molecule has 0 aliphatic rings. The average molecular weight is 289 g/mol. The Kier molecular flexibility index (Phi) is 4.30. The van der Waals surface area contributed by atoms with E-state index in [4.69, 9.17) is 17.3 Å². The van der Waals surface area contributed by atoms with Gasteiger partial charge in [0.15, 0.2) is 0 Å². The maximum Gasteiger partial charge on any atom is 0.244 e. The Labute approximate surface area is 123 Å². The molecule has 0 bridgehead atoms. The van der Waals surface area contributed by atoms with Crippen LogP contribution < -0.4 is 11.1 Å². The second-order valence-corrected chi connectivity index (χ2v) is 5.28. The highest BCUT2D eigenvalue weighted by atomic mass is 35.5. The first-order valence-electron chi connectivity index (χ1n) is 6.36. The maximum atomic E-state index is 11.7. The number of carbonyl (C=O) groups excluding carboxylic acids is 1. The van der Waals surface area contributed by atoms with Crippen LogP contribution in [0.25, 0.3) is 0 Å². The zero-order chi connectivity index (χ0) is 14.7. The highest BCUT2D eigenvalue weighted by Crippen LogP contribution is 2.25. The molecule has 0 aliphatic carbocycles. The van der Waals surface area contributed by atoms with E-state index < -0.39 is 11.9 Å². The molecule has 1 atom stereocenters. The Morgan fingerprint density at radius 3 is 2.35 bits per heavy atom. The molecule has 0 spiro atoms. The Balaban J connectivity index is 2.31. The molecule has 20 heavy (non-hydrogen) atoms. The van der Waals surface area contributed by atoms with E-state index >= 15 is 0 Å². The van der Waals surface area contributed by atoms with Crippen molar-refractivity contribution in [2.45, 2.75) is 19.9 Å². The smallest absolute Gasteiger partial charge is 0.244 e. The molecule has 0 saturated heterocycles. The summed E-state index contributed by atoms with van der Waals surface area (Å²) < 4.78 is 0. The summed E-state index contributed by atoms with van der Waals surface area (Å²) in [5, 5.41) is 3.81. The van der Waals surface area contributed by atoms with Crippen LogP contribution in [0.1, 0.15) is 22.7 Å². The summed E-state index contributed by atoms with van der Waals surface area (Å²) in [5.41, 5.74) is 9.30. The van der Waals surface area contributed by atoms with E-state index in [0.717, 1.165) is 22.4 Å². The fourth-order valence-electron chi connectivity index (χ4n) is 2.08. The van der Waals surface area contributed by atoms with Gasteiger partial charge in [-0.2, -0.15) is 0 Å². The fraction of sp³-hybridized carbons (Fsp3) is 0.188. The minimum Gasteiger partial charge on any atom is -0.370 e. The topological polar surface area (TPSA) is 55.1 Å². The van der Waals surface area contributed by atoms with E-state index in [1.165, 1.54) is 0 Å². The largest absolute Gasteiger partial charge is 0.370 e. The van der Waals surface area contributed by atoms with E-state index in [1.807, 2.05) is 50.2 Å². The lowest BCUT2D eigenvalue weighted by Gasteiger charge is -2.19. The monoisotopic (exact) mass is 288 g/mol. The van der Waals surface area contributed by atoms with Crippen LogP contribution in [0.15, 0.2) is 42.5 Å². The van der Waals surface area contributed by atoms with Crippen LogP contribution >= 0.6 is 11.6 Å². The van der Waals surface area contributed by atoms with Gasteiger partial charge >= 0.3 is 0 Å². The first kappa shape index (κ1) is 14.4. The molecule has 2 aromatic carbocycles. The normalized spacial score (nSPS) is 11.9. The molecule has 0 aromatic heterocycles. The Hall–Kier alpha value is -2.00. The molecule has 1 amide bonds. The highest BCUT2D eigenvalue weighted by Gasteiger charge is 2.19. The summed E-state index contributed by atoms with van der Waals surface area (Å²) in [6.07, 6.45) is 0. The van der Waals surface area contributed by atoms with Crippen LogP contribution in [0, 0.1) is 13.8 Å². The van der Waals surface area contributed by atoms with Crippen LogP contribution in [-0.4, -0.2) is 5.91 Å². The van der Waals surface area contributed by atoms with Gasteiger partial charge < -0.3 is 11.1 Å². The first-order chi connectivity index (χ1) is 9.47. The molecule has 0 radical (unpaired) electrons. The van der Waals surface area contributed by atoms with Gasteiger partial charge in [-0.25, -0.2) is 0 Å². The van der Waals surface area contributed by atoms with E-state index in [2.05, 4.69) is 5.32 Å². The lowest BCUT2D eigenvalue weighted by Crippen LogP contribution is -2.28. The maximum absolute atomic E-state index is 11.7. The molecule has 3 nitrogen and oxygen atoms in total. The second kappa shape index (κ2) is 5.97. The first-order valence-corrected chi connectivity index (χ1v) is 6.74. The third-order valence-electron chi connectivity index (χ3n) is 3.19. The molecule has 104 valence electrons. The fourth-order valence-corrected chi connectivity index (χ4v) is 2.31. The molecule has 4 heteroatoms. The number of benzene rings is 2. The quantitative estimate of drug-likeness (QED) is 0.903. The lowest BCUT2D eigenvalue weighted by atomic mass is 10.0. The van der Waals surface area contributed by atoms with Gasteiger partial charge in [0.05, 0.1) is 0 Å². The number of nitrogens with one attached hydrogen (secondary N) is 1. The van der Waals surface area contributed by atoms with Crippen molar-refractivity contribution in [1.29, 1.82) is 0 Å². The highest BCUT2D eigenvalue weighted by molar-refractivity contribution is 6.30. The lowest BCUT2D eigenvalue weighted by molar-refractivity contribution is -0.118. The van der Waals surface area contributed by atoms with Crippen LogP contribution in [0.3, 0.4) is 0 Å². The number of amides is 1. The van der Waals surface area contributed by atoms with Crippen molar-refractivity contribution in [3.05, 3.63) is 64.2 Å². The van der Waals surface area contributed by atoms with Crippen molar-refractivity contribution in [3.63, 3.8) is 0 Å². The van der Waals surface area contributed by atoms with Gasteiger partial charge in [-0.3, -0.25) is 4.79 Å². The zero-order valence-electron chi connectivity index (χ0n) is 11.5. The van der Waals surface area contributed by atoms with Gasteiger partial charge in [-0.1, -0.05) is 35.4 Å². The number of anilines is 1. The number of carbonyl (C=O) groups is 1. The summed E-state index contributed by atoms with van der Waals surface area (Å²) in [4.78, 5) is 11.7. The van der Waals surface area contributed by atoms with Gasteiger partial charge in [0.2, 0.25) is 5.91 Å². The van der Waals surface area contributed by atoms with Gasteiger partial charge in [0.1, 0.15) is 6.04 Å². The van der Waals surface area contributed by atoms with Gasteiger partial charge in [-0.05, 0) is 49.2 Å². The SMILES string of the molecule is Cc1ccc(NC(C(N)=O)c2ccc(Cl)cc2C)cc1. The summed E-state index contributed by atoms with van der Waals surface area (Å²) in [7, 11) is 0. The minimum atomic E-state index is -0.574. The van der Waals surface area contributed by atoms with Crippen molar-refractivity contribution < 1.29 is 4.79 Å². The van der Waals surface area contributed by atoms with Gasteiger partial charge in [-0.15, -0.1) is 0 Å². The number of rotatable bonds is 4. The number of aryl methyl sites for hydroxylation is 2. The van der Waals surface area contributed by atoms with Crippen LogP contribution in [-0.2, 0) is 4.79 Å². The third-order valence-corrected chi connectivity index (χ3v) is 3.43. The average Bonchev–Trinajstić information content (AvgIpc) is 2.39. The van der Waals surface area contributed by atoms with E-state index in [9.17, 15) is 4.79 Å². The zero-order valence-corrected chi connectivity index (χ0v) is 12.2. The minimum absolute atomic E-state index is 0.420. The predicted molar refractivity (Wildman–Crippen MR) is 82.9 cm³/mol. The van der Waals surface area contributed by atoms with Gasteiger partial charge in [0, 0.05) is 10.7 Å². The second-order valence-electron chi connectivity index (χ2n) is 4.85. The molecule has 2 aromatic rings. The number of nitrogens with two attached hydrogens (primary N) is 1. The van der Waals surface area contributed by atoms with Crippen LogP contribution in [0.4, 0.5) is 5.69 Å². The standard InChI is InChI=1S/C16H17ClN2O/c1-10-3-6-13(7-4-10)19-15(16(18)20)14-8-5-12(17)9-11(14)2/h3-9,15,19H,1-2H3,(H2,18,20). The molecule has 2 rings (SSSR count).